The summed E-state index contributed by atoms with van der Waals surface area (Å²) < 4.78 is 0. The third-order valence-corrected chi connectivity index (χ3v) is 3.84. The highest BCUT2D eigenvalue weighted by Crippen LogP contribution is 2.13. The van der Waals surface area contributed by atoms with E-state index < -0.39 is 0 Å². The molecule has 2 N–H and O–H groups in total. The van der Waals surface area contributed by atoms with Crippen molar-refractivity contribution >= 4 is 23.1 Å². The van der Waals surface area contributed by atoms with E-state index >= 15 is 0 Å². The van der Waals surface area contributed by atoms with Crippen molar-refractivity contribution in [3.05, 3.63) is 39.5 Å². The minimum Gasteiger partial charge on any atom is -0.370 e. The summed E-state index contributed by atoms with van der Waals surface area (Å²) in [5.74, 6) is 0.645. The van der Waals surface area contributed by atoms with Gasteiger partial charge in [-0.1, -0.05) is 6.92 Å². The molecule has 112 valence electrons. The van der Waals surface area contributed by atoms with Crippen LogP contribution in [0, 0.1) is 6.92 Å². The summed E-state index contributed by atoms with van der Waals surface area (Å²) in [6, 6.07) is 3.62. The lowest BCUT2D eigenvalue weighted by atomic mass is 10.2. The topological polar surface area (TPSA) is 66.9 Å². The Labute approximate surface area is 128 Å². The first-order chi connectivity index (χ1) is 10.1. The molecule has 6 heteroatoms. The van der Waals surface area contributed by atoms with Gasteiger partial charge in [0, 0.05) is 28.9 Å². The highest BCUT2D eigenvalue weighted by molar-refractivity contribution is 7.11. The number of amides is 1. The van der Waals surface area contributed by atoms with E-state index in [4.69, 9.17) is 0 Å². The zero-order valence-electron chi connectivity index (χ0n) is 12.6. The molecule has 0 aliphatic carbocycles. The first-order valence-electron chi connectivity index (χ1n) is 7.06. The molecule has 0 saturated heterocycles. The van der Waals surface area contributed by atoms with Crippen LogP contribution < -0.4 is 10.6 Å². The monoisotopic (exact) mass is 304 g/mol. The van der Waals surface area contributed by atoms with Crippen molar-refractivity contribution < 1.29 is 4.79 Å². The number of nitrogens with zero attached hydrogens (tertiary/aromatic N) is 2. The van der Waals surface area contributed by atoms with E-state index in [-0.39, 0.29) is 5.91 Å². The van der Waals surface area contributed by atoms with Crippen molar-refractivity contribution in [2.45, 2.75) is 33.7 Å². The summed E-state index contributed by atoms with van der Waals surface area (Å²) in [5.41, 5.74) is 1.54. The van der Waals surface area contributed by atoms with Crippen LogP contribution in [-0.2, 0) is 13.0 Å². The van der Waals surface area contributed by atoms with Crippen LogP contribution >= 0.6 is 11.3 Å². The van der Waals surface area contributed by atoms with Crippen molar-refractivity contribution in [1.29, 1.82) is 0 Å². The zero-order chi connectivity index (χ0) is 15.2. The molecular weight excluding hydrogens is 284 g/mol. The number of carbonyl (C=O) groups excluding carboxylic acids is 1. The molecule has 2 heterocycles. The highest BCUT2D eigenvalue weighted by atomic mass is 32.1. The Hall–Kier alpha value is -1.95. The van der Waals surface area contributed by atoms with Crippen LogP contribution in [-0.4, -0.2) is 22.4 Å². The van der Waals surface area contributed by atoms with Gasteiger partial charge in [0.1, 0.15) is 10.8 Å². The van der Waals surface area contributed by atoms with E-state index in [9.17, 15) is 4.79 Å². The van der Waals surface area contributed by atoms with Gasteiger partial charge in [-0.3, -0.25) is 4.79 Å². The number of hydrogen-bond donors (Lipinski definition) is 2. The third-order valence-electron chi connectivity index (χ3n) is 2.93. The van der Waals surface area contributed by atoms with E-state index in [1.807, 2.05) is 33.0 Å². The Balaban J connectivity index is 2.08. The molecule has 2 rings (SSSR count). The average molecular weight is 304 g/mol. The van der Waals surface area contributed by atoms with Crippen LogP contribution in [0.1, 0.15) is 39.8 Å². The smallest absolute Gasteiger partial charge is 0.251 e. The first-order valence-corrected chi connectivity index (χ1v) is 7.88. The van der Waals surface area contributed by atoms with E-state index in [0.29, 0.717) is 12.1 Å². The second-order valence-electron chi connectivity index (χ2n) is 4.66. The lowest BCUT2D eigenvalue weighted by Crippen LogP contribution is -2.23. The van der Waals surface area contributed by atoms with Crippen LogP contribution in [0.5, 0.6) is 0 Å². The first kappa shape index (κ1) is 15.4. The van der Waals surface area contributed by atoms with Crippen molar-refractivity contribution in [1.82, 2.24) is 15.3 Å². The van der Waals surface area contributed by atoms with E-state index in [0.717, 1.165) is 34.4 Å². The van der Waals surface area contributed by atoms with Crippen LogP contribution in [0.4, 0.5) is 5.82 Å². The molecule has 0 spiro atoms. The molecule has 0 bridgehead atoms. The highest BCUT2D eigenvalue weighted by Gasteiger charge is 2.10. The van der Waals surface area contributed by atoms with Crippen LogP contribution in [0.2, 0.25) is 0 Å². The molecule has 0 saturated carbocycles. The second kappa shape index (κ2) is 7.17. The lowest BCUT2D eigenvalue weighted by molar-refractivity contribution is 0.0950. The third kappa shape index (κ3) is 4.26. The Morgan fingerprint density at radius 3 is 2.76 bits per heavy atom. The molecule has 5 nitrogen and oxygen atoms in total. The minimum atomic E-state index is -0.0980. The molecule has 0 aromatic carbocycles. The van der Waals surface area contributed by atoms with Crippen molar-refractivity contribution in [3.8, 4) is 0 Å². The Bertz CT molecular complexity index is 624. The van der Waals surface area contributed by atoms with Gasteiger partial charge in [-0.2, -0.15) is 0 Å². The number of rotatable bonds is 6. The molecule has 0 radical (unpaired) electrons. The molecular formula is C15H20N4OS. The maximum Gasteiger partial charge on any atom is 0.251 e. The van der Waals surface area contributed by atoms with Crippen LogP contribution in [0.15, 0.2) is 18.3 Å². The van der Waals surface area contributed by atoms with Gasteiger partial charge in [0.25, 0.3) is 5.91 Å². The molecule has 21 heavy (non-hydrogen) atoms. The molecule has 1 amide bonds. The number of anilines is 1. The summed E-state index contributed by atoms with van der Waals surface area (Å²) >= 11 is 1.59. The molecule has 0 fully saturated rings. The molecule has 0 aliphatic rings. The largest absolute Gasteiger partial charge is 0.370 e. The Kier molecular flexibility index (Phi) is 5.27. The predicted molar refractivity (Wildman–Crippen MR) is 85.8 cm³/mol. The predicted octanol–water partition coefficient (Wildman–Crippen LogP) is 2.77. The summed E-state index contributed by atoms with van der Waals surface area (Å²) in [6.45, 7) is 7.27. The maximum atomic E-state index is 12.3. The van der Waals surface area contributed by atoms with Gasteiger partial charge in [0.15, 0.2) is 0 Å². The SMILES string of the molecule is CCNc1cc(C(=O)NCc2ncc(C)s2)cc(CC)n1. The van der Waals surface area contributed by atoms with Gasteiger partial charge in [0.05, 0.1) is 6.54 Å². The molecule has 2 aromatic rings. The zero-order valence-corrected chi connectivity index (χ0v) is 13.4. The van der Waals surface area contributed by atoms with Crippen molar-refractivity contribution in [2.75, 3.05) is 11.9 Å². The van der Waals surface area contributed by atoms with Crippen LogP contribution in [0.25, 0.3) is 0 Å². The number of hydrogen-bond acceptors (Lipinski definition) is 5. The standard InChI is InChI=1S/C15H20N4OS/c1-4-12-6-11(7-13(19-12)16-5-2)15(20)18-9-14-17-8-10(3)21-14/h6-8H,4-5,9H2,1-3H3,(H,16,19)(H,18,20). The lowest BCUT2D eigenvalue weighted by Gasteiger charge is -2.09. The van der Waals surface area contributed by atoms with Gasteiger partial charge in [-0.05, 0) is 32.4 Å². The van der Waals surface area contributed by atoms with Crippen LogP contribution in [0.3, 0.4) is 0 Å². The van der Waals surface area contributed by atoms with E-state index in [1.54, 1.807) is 17.4 Å². The normalized spacial score (nSPS) is 10.4. The van der Waals surface area contributed by atoms with Gasteiger partial charge < -0.3 is 10.6 Å². The van der Waals surface area contributed by atoms with Gasteiger partial charge in [-0.25, -0.2) is 9.97 Å². The fourth-order valence-electron chi connectivity index (χ4n) is 1.91. The van der Waals surface area contributed by atoms with Gasteiger partial charge in [0.2, 0.25) is 0 Å². The summed E-state index contributed by atoms with van der Waals surface area (Å²) in [4.78, 5) is 22.1. The summed E-state index contributed by atoms with van der Waals surface area (Å²) in [7, 11) is 0. The number of nitrogens with one attached hydrogen (secondary N) is 2. The van der Waals surface area contributed by atoms with Crippen molar-refractivity contribution in [3.63, 3.8) is 0 Å². The number of thiazole rings is 1. The molecule has 0 atom stereocenters. The fraction of sp³-hybridized carbons (Fsp3) is 0.400. The number of carbonyl (C=O) groups is 1. The second-order valence-corrected chi connectivity index (χ2v) is 5.98. The molecule has 0 aliphatic heterocycles. The fourth-order valence-corrected chi connectivity index (χ4v) is 2.64. The summed E-state index contributed by atoms with van der Waals surface area (Å²) in [6.07, 6.45) is 2.61. The van der Waals surface area contributed by atoms with E-state index in [1.165, 1.54) is 0 Å². The number of aryl methyl sites for hydroxylation is 2. The van der Waals surface area contributed by atoms with Gasteiger partial charge >= 0.3 is 0 Å². The number of pyridine rings is 1. The maximum absolute atomic E-state index is 12.3. The Morgan fingerprint density at radius 1 is 1.33 bits per heavy atom. The van der Waals surface area contributed by atoms with Crippen molar-refractivity contribution in [2.24, 2.45) is 0 Å². The van der Waals surface area contributed by atoms with E-state index in [2.05, 4.69) is 20.6 Å². The van der Waals surface area contributed by atoms with Gasteiger partial charge in [-0.15, -0.1) is 11.3 Å². The Morgan fingerprint density at radius 2 is 2.14 bits per heavy atom. The average Bonchev–Trinajstić information content (AvgIpc) is 2.90. The quantitative estimate of drug-likeness (QED) is 0.861. The molecule has 0 unspecified atom stereocenters. The summed E-state index contributed by atoms with van der Waals surface area (Å²) in [5, 5.41) is 6.97. The minimum absolute atomic E-state index is 0.0980. The number of aromatic nitrogens is 2. The molecule has 2 aromatic heterocycles.